The highest BCUT2D eigenvalue weighted by Crippen LogP contribution is 2.46. The number of rotatable bonds is 1. The lowest BCUT2D eigenvalue weighted by molar-refractivity contribution is 0.231. The molecular formula is C17H25NO. The number of hydrogen-bond donors (Lipinski definition) is 1. The molecule has 3 atom stereocenters. The van der Waals surface area contributed by atoms with Crippen molar-refractivity contribution < 1.29 is 5.11 Å². The van der Waals surface area contributed by atoms with Crippen LogP contribution in [0.2, 0.25) is 0 Å². The molecule has 2 aliphatic rings. The predicted octanol–water partition coefficient (Wildman–Crippen LogP) is 3.32. The van der Waals surface area contributed by atoms with Gasteiger partial charge in [0.15, 0.2) is 0 Å². The number of likely N-dealkylation sites (N-methyl/N-ethyl adjacent to an activating group) is 1. The van der Waals surface area contributed by atoms with Gasteiger partial charge in [-0.05, 0) is 61.4 Å². The summed E-state index contributed by atoms with van der Waals surface area (Å²) in [6, 6.07) is 5.00. The molecule has 1 N–H and O–H groups in total. The molecule has 1 aromatic rings. The van der Waals surface area contributed by atoms with Gasteiger partial charge < -0.3 is 10.0 Å². The van der Waals surface area contributed by atoms with E-state index in [0.29, 0.717) is 17.7 Å². The minimum absolute atomic E-state index is 0.503. The van der Waals surface area contributed by atoms with Crippen molar-refractivity contribution in [1.82, 2.24) is 4.90 Å². The van der Waals surface area contributed by atoms with E-state index < -0.39 is 0 Å². The van der Waals surface area contributed by atoms with Gasteiger partial charge in [-0.2, -0.15) is 0 Å². The van der Waals surface area contributed by atoms with E-state index in [0.717, 1.165) is 30.9 Å². The van der Waals surface area contributed by atoms with Gasteiger partial charge in [-0.1, -0.05) is 19.9 Å². The van der Waals surface area contributed by atoms with Crippen molar-refractivity contribution in [3.05, 3.63) is 28.8 Å². The van der Waals surface area contributed by atoms with Gasteiger partial charge in [-0.15, -0.1) is 0 Å². The minimum Gasteiger partial charge on any atom is -0.508 e. The minimum atomic E-state index is 0.503. The molecule has 0 aromatic heterocycles. The van der Waals surface area contributed by atoms with E-state index in [1.807, 2.05) is 0 Å². The van der Waals surface area contributed by atoms with E-state index in [2.05, 4.69) is 37.9 Å². The van der Waals surface area contributed by atoms with Crippen molar-refractivity contribution in [3.8, 4) is 5.75 Å². The molecule has 2 nitrogen and oxygen atoms in total. The van der Waals surface area contributed by atoms with Gasteiger partial charge in [0.05, 0.1) is 0 Å². The standard InChI is InChI=1S/C17H25NO/c1-4-12-9-13-7-8-18(3)15-6-5-11(2)17(15)14(13)10-16(12)19/h9-11,15,17,19H,4-8H2,1-3H3/t11-,15+,17-/m1/s1. The molecule has 0 spiro atoms. The zero-order chi connectivity index (χ0) is 13.6. The number of fused-ring (bicyclic) bond motifs is 3. The first-order valence-corrected chi connectivity index (χ1v) is 7.66. The topological polar surface area (TPSA) is 23.5 Å². The Labute approximate surface area is 116 Å². The zero-order valence-electron chi connectivity index (χ0n) is 12.3. The lowest BCUT2D eigenvalue weighted by Gasteiger charge is -2.29. The highest BCUT2D eigenvalue weighted by molar-refractivity contribution is 5.45. The first-order valence-electron chi connectivity index (χ1n) is 7.66. The van der Waals surface area contributed by atoms with Gasteiger partial charge in [0.1, 0.15) is 5.75 Å². The van der Waals surface area contributed by atoms with Crippen LogP contribution in [0.4, 0.5) is 0 Å². The van der Waals surface area contributed by atoms with E-state index in [4.69, 9.17) is 0 Å². The van der Waals surface area contributed by atoms with Crippen LogP contribution in [0.25, 0.3) is 0 Å². The van der Waals surface area contributed by atoms with Crippen LogP contribution in [0, 0.1) is 5.92 Å². The highest BCUT2D eigenvalue weighted by Gasteiger charge is 2.39. The van der Waals surface area contributed by atoms with Crippen LogP contribution in [0.1, 0.15) is 49.3 Å². The largest absolute Gasteiger partial charge is 0.508 e. The average Bonchev–Trinajstić information content (AvgIpc) is 2.72. The number of nitrogens with zero attached hydrogens (tertiary/aromatic N) is 1. The molecule has 1 aliphatic heterocycles. The zero-order valence-corrected chi connectivity index (χ0v) is 12.3. The quantitative estimate of drug-likeness (QED) is 0.836. The molecule has 0 amide bonds. The van der Waals surface area contributed by atoms with Crippen LogP contribution in [0.5, 0.6) is 5.75 Å². The van der Waals surface area contributed by atoms with Gasteiger partial charge in [-0.25, -0.2) is 0 Å². The molecule has 3 rings (SSSR count). The predicted molar refractivity (Wildman–Crippen MR) is 78.7 cm³/mol. The molecule has 1 aromatic carbocycles. The van der Waals surface area contributed by atoms with Gasteiger partial charge >= 0.3 is 0 Å². The number of phenols is 1. The maximum Gasteiger partial charge on any atom is 0.119 e. The van der Waals surface area contributed by atoms with Crippen LogP contribution in [-0.2, 0) is 12.8 Å². The van der Waals surface area contributed by atoms with Gasteiger partial charge in [0.25, 0.3) is 0 Å². The van der Waals surface area contributed by atoms with Crippen LogP contribution >= 0.6 is 0 Å². The van der Waals surface area contributed by atoms with Crippen LogP contribution < -0.4 is 0 Å². The Morgan fingerprint density at radius 1 is 1.32 bits per heavy atom. The first-order chi connectivity index (χ1) is 9.11. The van der Waals surface area contributed by atoms with Crippen molar-refractivity contribution in [1.29, 1.82) is 0 Å². The number of phenolic OH excluding ortho intramolecular Hbond substituents is 1. The van der Waals surface area contributed by atoms with Gasteiger partial charge in [0, 0.05) is 18.5 Å². The fourth-order valence-corrected chi connectivity index (χ4v) is 4.15. The lowest BCUT2D eigenvalue weighted by atomic mass is 9.84. The van der Waals surface area contributed by atoms with E-state index in [-0.39, 0.29) is 0 Å². The third-order valence-corrected chi connectivity index (χ3v) is 5.33. The smallest absolute Gasteiger partial charge is 0.119 e. The second-order valence-electron chi connectivity index (χ2n) is 6.41. The van der Waals surface area contributed by atoms with Crippen molar-refractivity contribution in [2.45, 2.75) is 51.5 Å². The van der Waals surface area contributed by atoms with Crippen LogP contribution in [-0.4, -0.2) is 29.6 Å². The summed E-state index contributed by atoms with van der Waals surface area (Å²) in [5.74, 6) is 1.85. The van der Waals surface area contributed by atoms with E-state index in [9.17, 15) is 5.11 Å². The third kappa shape index (κ3) is 2.06. The number of aromatic hydroxyl groups is 1. The van der Waals surface area contributed by atoms with Gasteiger partial charge in [-0.3, -0.25) is 0 Å². The molecule has 1 heterocycles. The van der Waals surface area contributed by atoms with E-state index in [1.165, 1.54) is 24.0 Å². The fourth-order valence-electron chi connectivity index (χ4n) is 4.15. The monoisotopic (exact) mass is 259 g/mol. The lowest BCUT2D eigenvalue weighted by Crippen LogP contribution is -2.33. The molecule has 104 valence electrons. The molecule has 19 heavy (non-hydrogen) atoms. The summed E-state index contributed by atoms with van der Waals surface area (Å²) in [7, 11) is 2.27. The van der Waals surface area contributed by atoms with Crippen molar-refractivity contribution in [2.75, 3.05) is 13.6 Å². The fraction of sp³-hybridized carbons (Fsp3) is 0.647. The maximum absolute atomic E-state index is 10.2. The van der Waals surface area contributed by atoms with Crippen molar-refractivity contribution in [3.63, 3.8) is 0 Å². The van der Waals surface area contributed by atoms with Crippen LogP contribution in [0.3, 0.4) is 0 Å². The molecule has 1 saturated carbocycles. The summed E-state index contributed by atoms with van der Waals surface area (Å²) in [5, 5.41) is 10.2. The molecule has 2 heteroatoms. The Kier molecular flexibility index (Phi) is 3.30. The summed E-state index contributed by atoms with van der Waals surface area (Å²) < 4.78 is 0. The van der Waals surface area contributed by atoms with E-state index >= 15 is 0 Å². The first kappa shape index (κ1) is 13.0. The normalized spacial score (nSPS) is 30.8. The molecule has 0 unspecified atom stereocenters. The highest BCUT2D eigenvalue weighted by atomic mass is 16.3. The number of hydrogen-bond acceptors (Lipinski definition) is 2. The molecule has 0 bridgehead atoms. The molecule has 0 radical (unpaired) electrons. The SMILES string of the molecule is CCc1cc2c(cc1O)[C@H]1[C@H](C)CC[C@@H]1N(C)CC2. The van der Waals surface area contributed by atoms with Gasteiger partial charge in [0.2, 0.25) is 0 Å². The van der Waals surface area contributed by atoms with Crippen molar-refractivity contribution >= 4 is 0 Å². The molecule has 1 aliphatic carbocycles. The Morgan fingerprint density at radius 2 is 2.11 bits per heavy atom. The van der Waals surface area contributed by atoms with Crippen LogP contribution in [0.15, 0.2) is 12.1 Å². The second-order valence-corrected chi connectivity index (χ2v) is 6.41. The van der Waals surface area contributed by atoms with Crippen molar-refractivity contribution in [2.24, 2.45) is 5.92 Å². The third-order valence-electron chi connectivity index (χ3n) is 5.33. The molecule has 1 fully saturated rings. The summed E-state index contributed by atoms with van der Waals surface area (Å²) >= 11 is 0. The maximum atomic E-state index is 10.2. The van der Waals surface area contributed by atoms with E-state index in [1.54, 1.807) is 0 Å². The second kappa shape index (κ2) is 4.82. The summed E-state index contributed by atoms with van der Waals surface area (Å²) in [5.41, 5.74) is 4.00. The Hall–Kier alpha value is -1.02. The summed E-state index contributed by atoms with van der Waals surface area (Å²) in [4.78, 5) is 2.54. The number of aryl methyl sites for hydroxylation is 1. The summed E-state index contributed by atoms with van der Waals surface area (Å²) in [6.45, 7) is 5.64. The Bertz CT molecular complexity index is 482. The Morgan fingerprint density at radius 3 is 2.84 bits per heavy atom. The average molecular weight is 259 g/mol. The summed E-state index contributed by atoms with van der Waals surface area (Å²) in [6.07, 6.45) is 4.66. The Balaban J connectivity index is 2.10. The molecular weight excluding hydrogens is 234 g/mol. The molecule has 0 saturated heterocycles. The number of benzene rings is 1.